The van der Waals surface area contributed by atoms with E-state index in [0.717, 1.165) is 41.5 Å². The van der Waals surface area contributed by atoms with Gasteiger partial charge < -0.3 is 10.1 Å². The van der Waals surface area contributed by atoms with E-state index in [-0.39, 0.29) is 6.04 Å². The van der Waals surface area contributed by atoms with Crippen molar-refractivity contribution in [2.24, 2.45) is 0 Å². The van der Waals surface area contributed by atoms with Crippen LogP contribution in [0, 0.1) is 6.92 Å². The monoisotopic (exact) mass is 295 g/mol. The van der Waals surface area contributed by atoms with Crippen LogP contribution in [0.2, 0.25) is 0 Å². The van der Waals surface area contributed by atoms with Crippen molar-refractivity contribution in [3.05, 3.63) is 22.5 Å². The van der Waals surface area contributed by atoms with Crippen molar-refractivity contribution in [1.29, 1.82) is 0 Å². The number of hydrogen-bond donors (Lipinski definition) is 1. The summed E-state index contributed by atoms with van der Waals surface area (Å²) in [5.41, 5.74) is 1.99. The van der Waals surface area contributed by atoms with Gasteiger partial charge in [-0.05, 0) is 38.3 Å². The fourth-order valence-corrected chi connectivity index (χ4v) is 2.91. The molecule has 0 amide bonds. The van der Waals surface area contributed by atoms with Gasteiger partial charge in [-0.15, -0.1) is 5.10 Å². The van der Waals surface area contributed by atoms with E-state index in [1.165, 1.54) is 11.5 Å². The highest BCUT2D eigenvalue weighted by Gasteiger charge is 2.26. The fraction of sp³-hybridized carbons (Fsp3) is 0.615. The number of methoxy groups -OCH3 is 1. The van der Waals surface area contributed by atoms with Gasteiger partial charge in [-0.2, -0.15) is 5.10 Å². The number of rotatable bonds is 7. The number of aromatic nitrogens is 4. The van der Waals surface area contributed by atoms with E-state index in [2.05, 4.69) is 33.8 Å². The second-order valence-corrected chi connectivity index (χ2v) is 5.31. The summed E-state index contributed by atoms with van der Waals surface area (Å²) in [6.07, 6.45) is 2.83. The van der Waals surface area contributed by atoms with Gasteiger partial charge in [-0.25, -0.2) is 0 Å². The Morgan fingerprint density at radius 1 is 1.45 bits per heavy atom. The third-order valence-electron chi connectivity index (χ3n) is 3.19. The molecule has 1 unspecified atom stereocenters. The Labute approximate surface area is 123 Å². The lowest BCUT2D eigenvalue weighted by Crippen LogP contribution is -2.26. The van der Waals surface area contributed by atoms with Gasteiger partial charge in [0.2, 0.25) is 0 Å². The minimum absolute atomic E-state index is 0.0207. The van der Waals surface area contributed by atoms with E-state index < -0.39 is 0 Å². The molecule has 0 bridgehead atoms. The molecule has 2 heterocycles. The van der Waals surface area contributed by atoms with Crippen LogP contribution >= 0.6 is 11.5 Å². The van der Waals surface area contributed by atoms with Crippen molar-refractivity contribution in [1.82, 2.24) is 24.7 Å². The van der Waals surface area contributed by atoms with Gasteiger partial charge in [0, 0.05) is 6.54 Å². The zero-order valence-corrected chi connectivity index (χ0v) is 13.2. The maximum absolute atomic E-state index is 5.47. The van der Waals surface area contributed by atoms with Gasteiger partial charge in [0.15, 0.2) is 5.75 Å². The van der Waals surface area contributed by atoms with Gasteiger partial charge in [-0.1, -0.05) is 11.4 Å². The molecule has 0 fully saturated rings. The fourth-order valence-electron chi connectivity index (χ4n) is 2.18. The number of nitrogens with one attached hydrogen (secondary N) is 1. The normalized spacial score (nSPS) is 12.6. The summed E-state index contributed by atoms with van der Waals surface area (Å²) >= 11 is 1.42. The maximum Gasteiger partial charge on any atom is 0.161 e. The Bertz CT molecular complexity index is 529. The van der Waals surface area contributed by atoms with Crippen molar-refractivity contribution in [3.8, 4) is 5.75 Å². The molecule has 20 heavy (non-hydrogen) atoms. The van der Waals surface area contributed by atoms with E-state index in [4.69, 9.17) is 4.74 Å². The van der Waals surface area contributed by atoms with Crippen molar-refractivity contribution < 1.29 is 4.74 Å². The van der Waals surface area contributed by atoms with Crippen LogP contribution in [0.1, 0.15) is 42.6 Å². The summed E-state index contributed by atoms with van der Waals surface area (Å²) in [5.74, 6) is 0.799. The molecular formula is C13H21N5OS. The van der Waals surface area contributed by atoms with Gasteiger partial charge in [0.1, 0.15) is 5.69 Å². The van der Waals surface area contributed by atoms with Crippen LogP contribution in [0.3, 0.4) is 0 Å². The largest absolute Gasteiger partial charge is 0.493 e. The highest BCUT2D eigenvalue weighted by Crippen LogP contribution is 2.32. The highest BCUT2D eigenvalue weighted by atomic mass is 32.1. The van der Waals surface area contributed by atoms with Crippen LogP contribution in [-0.2, 0) is 6.54 Å². The molecule has 2 aromatic rings. The van der Waals surface area contributed by atoms with Crippen LogP contribution in [0.25, 0.3) is 0 Å². The average Bonchev–Trinajstić information content (AvgIpc) is 3.06. The summed E-state index contributed by atoms with van der Waals surface area (Å²) in [6.45, 7) is 7.92. The number of aryl methyl sites for hydroxylation is 2. The molecule has 0 aromatic carbocycles. The first-order valence-corrected chi connectivity index (χ1v) is 7.62. The summed E-state index contributed by atoms with van der Waals surface area (Å²) in [6, 6.07) is 0.0207. The van der Waals surface area contributed by atoms with Gasteiger partial charge in [0.25, 0.3) is 0 Å². The van der Waals surface area contributed by atoms with Crippen molar-refractivity contribution in [2.45, 2.75) is 39.8 Å². The molecule has 0 saturated carbocycles. The van der Waals surface area contributed by atoms with Gasteiger partial charge in [-0.3, -0.25) is 4.68 Å². The molecule has 110 valence electrons. The Morgan fingerprint density at radius 2 is 2.25 bits per heavy atom. The van der Waals surface area contributed by atoms with Crippen LogP contribution in [0.4, 0.5) is 0 Å². The molecule has 0 aliphatic rings. The predicted molar refractivity (Wildman–Crippen MR) is 79.2 cm³/mol. The third kappa shape index (κ3) is 2.83. The molecular weight excluding hydrogens is 274 g/mol. The summed E-state index contributed by atoms with van der Waals surface area (Å²) < 4.78 is 11.5. The van der Waals surface area contributed by atoms with E-state index >= 15 is 0 Å². The van der Waals surface area contributed by atoms with E-state index in [0.29, 0.717) is 0 Å². The Balaban J connectivity index is 2.46. The minimum Gasteiger partial charge on any atom is -0.493 e. The molecule has 0 aliphatic heterocycles. The van der Waals surface area contributed by atoms with E-state index in [1.54, 1.807) is 13.3 Å². The van der Waals surface area contributed by atoms with E-state index in [1.807, 2.05) is 11.6 Å². The van der Waals surface area contributed by atoms with Crippen LogP contribution in [0.5, 0.6) is 5.75 Å². The summed E-state index contributed by atoms with van der Waals surface area (Å²) in [4.78, 5) is 1.12. The zero-order chi connectivity index (χ0) is 14.5. The molecule has 0 radical (unpaired) electrons. The molecule has 2 rings (SSSR count). The summed E-state index contributed by atoms with van der Waals surface area (Å²) in [7, 11) is 1.68. The highest BCUT2D eigenvalue weighted by molar-refractivity contribution is 7.05. The SMILES string of the molecule is CCCNC(c1snnc1C)c1c(OC)cnn1CC. The quantitative estimate of drug-likeness (QED) is 0.848. The van der Waals surface area contributed by atoms with Crippen LogP contribution < -0.4 is 10.1 Å². The lowest BCUT2D eigenvalue weighted by Gasteiger charge is -2.19. The number of hydrogen-bond acceptors (Lipinski definition) is 6. The third-order valence-corrected chi connectivity index (χ3v) is 4.08. The zero-order valence-electron chi connectivity index (χ0n) is 12.4. The first-order chi connectivity index (χ1) is 9.72. The molecule has 0 aliphatic carbocycles. The molecule has 7 heteroatoms. The average molecular weight is 295 g/mol. The molecule has 1 atom stereocenters. The molecule has 6 nitrogen and oxygen atoms in total. The Morgan fingerprint density at radius 3 is 2.80 bits per heavy atom. The standard InChI is InChI=1S/C13H21N5OS/c1-5-7-14-11(13-9(3)16-17-20-13)12-10(19-4)8-15-18(12)6-2/h8,11,14H,5-7H2,1-4H3. The molecule has 0 spiro atoms. The first-order valence-electron chi connectivity index (χ1n) is 6.84. The number of nitrogens with zero attached hydrogens (tertiary/aromatic N) is 4. The topological polar surface area (TPSA) is 64.9 Å². The smallest absolute Gasteiger partial charge is 0.161 e. The molecule has 2 aromatic heterocycles. The Kier molecular flexibility index (Phi) is 5.08. The van der Waals surface area contributed by atoms with Gasteiger partial charge in [0.05, 0.1) is 29.9 Å². The minimum atomic E-state index is 0.0207. The van der Waals surface area contributed by atoms with Crippen molar-refractivity contribution >= 4 is 11.5 Å². The first kappa shape index (κ1) is 14.9. The second-order valence-electron chi connectivity index (χ2n) is 4.52. The molecule has 1 N–H and O–H groups in total. The second kappa shape index (κ2) is 6.81. The molecule has 0 saturated heterocycles. The van der Waals surface area contributed by atoms with Crippen LogP contribution in [-0.4, -0.2) is 33.0 Å². The van der Waals surface area contributed by atoms with Crippen molar-refractivity contribution in [3.63, 3.8) is 0 Å². The lowest BCUT2D eigenvalue weighted by atomic mass is 10.1. The van der Waals surface area contributed by atoms with Crippen LogP contribution in [0.15, 0.2) is 6.20 Å². The van der Waals surface area contributed by atoms with Gasteiger partial charge >= 0.3 is 0 Å². The maximum atomic E-state index is 5.47. The van der Waals surface area contributed by atoms with Crippen molar-refractivity contribution in [2.75, 3.05) is 13.7 Å². The summed E-state index contributed by atoms with van der Waals surface area (Å²) in [5, 5.41) is 12.1. The predicted octanol–water partition coefficient (Wildman–Crippen LogP) is 2.16. The number of ether oxygens (including phenoxy) is 1. The van der Waals surface area contributed by atoms with E-state index in [9.17, 15) is 0 Å². The lowest BCUT2D eigenvalue weighted by molar-refractivity contribution is 0.399. The Hall–Kier alpha value is -1.47.